The predicted octanol–water partition coefficient (Wildman–Crippen LogP) is 10.1. The van der Waals surface area contributed by atoms with Gasteiger partial charge < -0.3 is 9.47 Å². The number of rotatable bonds is 2. The van der Waals surface area contributed by atoms with Crippen LogP contribution in [-0.4, -0.2) is 11.6 Å². The average molecular weight is 541 g/mol. The number of nitrogens with zero attached hydrogens (tertiary/aromatic N) is 2. The van der Waals surface area contributed by atoms with Crippen molar-refractivity contribution in [2.45, 2.75) is 18.8 Å². The van der Waals surface area contributed by atoms with Crippen LogP contribution in [0.1, 0.15) is 30.0 Å². The van der Waals surface area contributed by atoms with Crippen LogP contribution in [-0.2, 0) is 5.41 Å². The lowest BCUT2D eigenvalue weighted by atomic mass is 9.65. The molecular weight excluding hydrogens is 508 g/mol. The second kappa shape index (κ2) is 9.49. The lowest BCUT2D eigenvalue weighted by Crippen LogP contribution is -2.31. The first-order chi connectivity index (χ1) is 20.7. The smallest absolute Gasteiger partial charge is 0.0661 e. The van der Waals surface area contributed by atoms with Gasteiger partial charge in [0.25, 0.3) is 0 Å². The summed E-state index contributed by atoms with van der Waals surface area (Å²) in [7, 11) is 2.17. The first-order valence-electron chi connectivity index (χ1n) is 14.7. The second-order valence-electron chi connectivity index (χ2n) is 11.4. The zero-order valence-electron chi connectivity index (χ0n) is 24.0. The minimum Gasteiger partial charge on any atom is -0.345 e. The Balaban J connectivity index is 1.52. The summed E-state index contributed by atoms with van der Waals surface area (Å²) in [4.78, 5) is 2.30. The molecule has 0 saturated heterocycles. The van der Waals surface area contributed by atoms with E-state index < -0.39 is 5.41 Å². The van der Waals surface area contributed by atoms with Crippen molar-refractivity contribution >= 4 is 45.0 Å². The Morgan fingerprint density at radius 3 is 2.45 bits per heavy atom. The summed E-state index contributed by atoms with van der Waals surface area (Å²) < 4.78 is 2.41. The average Bonchev–Trinajstić information content (AvgIpc) is 3.36. The molecule has 2 nitrogen and oxygen atoms in total. The van der Waals surface area contributed by atoms with Crippen LogP contribution in [0.5, 0.6) is 0 Å². The first kappa shape index (κ1) is 24.7. The molecule has 1 spiro atoms. The topological polar surface area (TPSA) is 8.17 Å². The molecule has 0 bridgehead atoms. The molecule has 3 aliphatic rings. The summed E-state index contributed by atoms with van der Waals surface area (Å²) in [6, 6.07) is 33.4. The van der Waals surface area contributed by atoms with Crippen molar-refractivity contribution in [2.24, 2.45) is 0 Å². The van der Waals surface area contributed by atoms with Crippen molar-refractivity contribution in [3.05, 3.63) is 167 Å². The van der Waals surface area contributed by atoms with Gasteiger partial charge in [0, 0.05) is 35.4 Å². The molecule has 5 aromatic rings. The van der Waals surface area contributed by atoms with Crippen molar-refractivity contribution in [1.82, 2.24) is 4.57 Å². The summed E-state index contributed by atoms with van der Waals surface area (Å²) in [5.41, 5.74) is 12.5. The highest BCUT2D eigenvalue weighted by Gasteiger charge is 2.48. The quantitative estimate of drug-likeness (QED) is 0.216. The highest BCUT2D eigenvalue weighted by molar-refractivity contribution is 6.11. The Kier molecular flexibility index (Phi) is 5.58. The molecule has 0 saturated carbocycles. The fourth-order valence-corrected chi connectivity index (χ4v) is 7.49. The second-order valence-corrected chi connectivity index (χ2v) is 11.4. The zero-order valence-corrected chi connectivity index (χ0v) is 24.0. The first-order valence-corrected chi connectivity index (χ1v) is 14.7. The van der Waals surface area contributed by atoms with E-state index in [4.69, 9.17) is 0 Å². The minimum atomic E-state index is -0.432. The molecule has 1 aromatic heterocycles. The maximum Gasteiger partial charge on any atom is 0.0661 e. The summed E-state index contributed by atoms with van der Waals surface area (Å²) in [5, 5.41) is 2.57. The number of benzene rings is 4. The third-order valence-electron chi connectivity index (χ3n) is 9.37. The van der Waals surface area contributed by atoms with Crippen LogP contribution in [0, 0.1) is 0 Å². The molecule has 0 fully saturated rings. The number of anilines is 2. The van der Waals surface area contributed by atoms with Crippen LogP contribution < -0.4 is 4.90 Å². The highest BCUT2D eigenvalue weighted by Crippen LogP contribution is 2.59. The molecular formula is C40H32N2. The summed E-state index contributed by atoms with van der Waals surface area (Å²) >= 11 is 0. The Hall–Kier alpha value is -5.08. The Labute approximate surface area is 247 Å². The Bertz CT molecular complexity index is 2080. The maximum atomic E-state index is 2.45. The molecule has 202 valence electrons. The third kappa shape index (κ3) is 3.39. The number of hydrogen-bond acceptors (Lipinski definition) is 1. The van der Waals surface area contributed by atoms with Crippen LogP contribution in [0.3, 0.4) is 0 Å². The summed E-state index contributed by atoms with van der Waals surface area (Å²) in [5.74, 6) is 0. The summed E-state index contributed by atoms with van der Waals surface area (Å²) in [6.45, 7) is 2.33. The SMILES string of the molecule is C\C1=C/C=C\C=C\n2c3ccccc3c3cccc(c32)C12C1=C(C=CC=CC1)c1ccc(N(C)c3ccccc3)cc12. The van der Waals surface area contributed by atoms with E-state index in [9.17, 15) is 0 Å². The Morgan fingerprint density at radius 2 is 1.55 bits per heavy atom. The van der Waals surface area contributed by atoms with E-state index in [2.05, 4.69) is 169 Å². The van der Waals surface area contributed by atoms with Gasteiger partial charge in [0.15, 0.2) is 0 Å². The van der Waals surface area contributed by atoms with Gasteiger partial charge in [0.1, 0.15) is 0 Å². The van der Waals surface area contributed by atoms with Crippen molar-refractivity contribution in [3.8, 4) is 0 Å². The largest absolute Gasteiger partial charge is 0.345 e. The van der Waals surface area contributed by atoms with E-state index in [0.717, 1.165) is 6.42 Å². The third-order valence-corrected chi connectivity index (χ3v) is 9.37. The monoisotopic (exact) mass is 540 g/mol. The van der Waals surface area contributed by atoms with E-state index in [1.54, 1.807) is 0 Å². The lowest BCUT2D eigenvalue weighted by molar-refractivity contribution is 0.710. The highest BCUT2D eigenvalue weighted by atomic mass is 15.1. The van der Waals surface area contributed by atoms with Gasteiger partial charge in [-0.15, -0.1) is 0 Å². The normalized spacial score (nSPS) is 21.6. The predicted molar refractivity (Wildman–Crippen MR) is 179 cm³/mol. The molecule has 4 aromatic carbocycles. The maximum absolute atomic E-state index is 2.45. The lowest BCUT2D eigenvalue weighted by Gasteiger charge is -2.37. The Morgan fingerprint density at radius 1 is 0.714 bits per heavy atom. The van der Waals surface area contributed by atoms with Crippen LogP contribution in [0.25, 0.3) is 33.6 Å². The van der Waals surface area contributed by atoms with E-state index in [1.807, 2.05) is 0 Å². The van der Waals surface area contributed by atoms with Crippen molar-refractivity contribution < 1.29 is 0 Å². The molecule has 8 rings (SSSR count). The fourth-order valence-electron chi connectivity index (χ4n) is 7.49. The molecule has 1 atom stereocenters. The van der Waals surface area contributed by atoms with Gasteiger partial charge in [-0.1, -0.05) is 109 Å². The van der Waals surface area contributed by atoms with Crippen molar-refractivity contribution in [3.63, 3.8) is 0 Å². The molecule has 0 radical (unpaired) electrons. The standard InChI is InChI=1S/C40H32N2/c1-28-15-6-5-13-26-42-38-23-12-11-19-33(38)34-20-14-22-36(39(34)42)40(28)35-21-10-4-9-18-31(35)32-25-24-30(27-37(32)40)41(2)29-16-7-3-8-17-29/h3-20,22-27H,21H2,1-2H3/b6-5-,26-13+,28-15+. The van der Waals surface area contributed by atoms with E-state index in [0.29, 0.717) is 0 Å². The van der Waals surface area contributed by atoms with Gasteiger partial charge in [0.2, 0.25) is 0 Å². The van der Waals surface area contributed by atoms with Gasteiger partial charge in [-0.05, 0) is 77.6 Å². The molecule has 2 aliphatic carbocycles. The van der Waals surface area contributed by atoms with Crippen LogP contribution in [0.15, 0.2) is 151 Å². The van der Waals surface area contributed by atoms with Gasteiger partial charge in [-0.3, -0.25) is 0 Å². The van der Waals surface area contributed by atoms with E-state index in [-0.39, 0.29) is 0 Å². The molecule has 2 heterocycles. The van der Waals surface area contributed by atoms with Crippen LogP contribution >= 0.6 is 0 Å². The van der Waals surface area contributed by atoms with Crippen molar-refractivity contribution in [1.29, 1.82) is 0 Å². The van der Waals surface area contributed by atoms with Gasteiger partial charge >= 0.3 is 0 Å². The number of allylic oxidation sites excluding steroid dienone is 11. The number of aromatic nitrogens is 1. The fraction of sp³-hybridized carbons (Fsp3) is 0.100. The number of hydrogen-bond donors (Lipinski definition) is 0. The summed E-state index contributed by atoms with van der Waals surface area (Å²) in [6.07, 6.45) is 21.0. The number of para-hydroxylation sites is 3. The van der Waals surface area contributed by atoms with E-state index >= 15 is 0 Å². The van der Waals surface area contributed by atoms with Crippen LogP contribution in [0.2, 0.25) is 0 Å². The van der Waals surface area contributed by atoms with Crippen LogP contribution in [0.4, 0.5) is 11.4 Å². The molecule has 0 N–H and O–H groups in total. The minimum absolute atomic E-state index is 0.432. The number of fused-ring (bicyclic) bond motifs is 8. The molecule has 2 heteroatoms. The molecule has 0 amide bonds. The van der Waals surface area contributed by atoms with Gasteiger partial charge in [-0.2, -0.15) is 0 Å². The van der Waals surface area contributed by atoms with E-state index in [1.165, 1.54) is 66.6 Å². The zero-order chi connectivity index (χ0) is 28.3. The molecule has 1 aliphatic heterocycles. The molecule has 42 heavy (non-hydrogen) atoms. The van der Waals surface area contributed by atoms with Gasteiger partial charge in [-0.25, -0.2) is 0 Å². The molecule has 1 unspecified atom stereocenters. The van der Waals surface area contributed by atoms with Crippen molar-refractivity contribution in [2.75, 3.05) is 11.9 Å². The van der Waals surface area contributed by atoms with Gasteiger partial charge in [0.05, 0.1) is 16.4 Å².